The van der Waals surface area contributed by atoms with Crippen LogP contribution in [-0.2, 0) is 33.3 Å². The third kappa shape index (κ3) is 6.24. The fourth-order valence-corrected chi connectivity index (χ4v) is 15.5. The van der Waals surface area contributed by atoms with Crippen molar-refractivity contribution < 1.29 is 43.5 Å². The van der Waals surface area contributed by atoms with Crippen molar-refractivity contribution in [3.63, 3.8) is 0 Å². The molecule has 1 radical (unpaired) electrons. The molecule has 7 aliphatic heterocycles. The maximum absolute atomic E-state index is 15.7. The Labute approximate surface area is 385 Å². The Morgan fingerprint density at radius 1 is 0.923 bits per heavy atom. The fraction of sp³-hybridized carbons (Fsp3) is 0.667. The van der Waals surface area contributed by atoms with Crippen LogP contribution in [0.25, 0.3) is 5.57 Å². The third-order valence-corrected chi connectivity index (χ3v) is 17.9. The molecule has 0 aromatic heterocycles. The van der Waals surface area contributed by atoms with Crippen molar-refractivity contribution in [1.29, 1.82) is 0 Å². The summed E-state index contributed by atoms with van der Waals surface area (Å²) in [6, 6.07) is 5.62. The molecule has 65 heavy (non-hydrogen) atoms. The number of rotatable bonds is 8. The number of carbonyl (C=O) groups is 3. The number of hydrogen-bond donors (Lipinski definition) is 2. The third-order valence-electron chi connectivity index (χ3n) is 17.9. The van der Waals surface area contributed by atoms with E-state index in [-0.39, 0.29) is 17.9 Å². The van der Waals surface area contributed by atoms with Crippen LogP contribution < -0.4 is 10.4 Å². The summed E-state index contributed by atoms with van der Waals surface area (Å²) >= 11 is 0. The zero-order chi connectivity index (χ0) is 45.8. The molecule has 10 rings (SSSR count). The molecule has 2 aliphatic carbocycles. The van der Waals surface area contributed by atoms with Crippen LogP contribution >= 0.6 is 0 Å². The SMILES string of the molecule is CC[C@]1(O)C[C@H]2CN(CCC3=C([B]c4ccc(N5CCCCC5)cc43)[C@@](C(=O)OC)(C3C=C4C(=CC3OC)N(C)[C@H]3[C@@](O)(C(=O)OC)[C@H](OC(C)=O)[C@]5(CC)C=CCN6CC[C@]43[C@@H]65)C2)C1. The number of benzene rings is 1. The molecule has 5 fully saturated rings. The van der Waals surface area contributed by atoms with Gasteiger partial charge in [-0.3, -0.25) is 19.4 Å². The summed E-state index contributed by atoms with van der Waals surface area (Å²) in [7, 11) is 8.61. The lowest BCUT2D eigenvalue weighted by atomic mass is 9.46. The highest BCUT2D eigenvalue weighted by Crippen LogP contribution is 2.70. The number of anilines is 1. The summed E-state index contributed by atoms with van der Waals surface area (Å²) in [6.07, 6.45) is 13.6. The topological polar surface area (TPSA) is 142 Å². The largest absolute Gasteiger partial charge is 0.468 e. The zero-order valence-electron chi connectivity index (χ0n) is 39.4. The highest BCUT2D eigenvalue weighted by Gasteiger charge is 2.81. The van der Waals surface area contributed by atoms with Crippen LogP contribution in [0, 0.1) is 28.1 Å². The van der Waals surface area contributed by atoms with Crippen LogP contribution in [-0.4, -0.2) is 160 Å². The van der Waals surface area contributed by atoms with Gasteiger partial charge in [-0.1, -0.05) is 49.1 Å². The molecule has 3 unspecified atom stereocenters. The van der Waals surface area contributed by atoms with E-state index in [1.807, 2.05) is 18.9 Å². The molecule has 13 nitrogen and oxygen atoms in total. The number of likely N-dealkylation sites (N-methyl/N-ethyl adjacent to an activating group) is 1. The Kier molecular flexibility index (Phi) is 11.1. The molecule has 0 amide bonds. The van der Waals surface area contributed by atoms with E-state index >= 15 is 4.79 Å². The number of piperidine rings is 2. The zero-order valence-corrected chi connectivity index (χ0v) is 39.4. The molecule has 1 saturated carbocycles. The van der Waals surface area contributed by atoms with Gasteiger partial charge >= 0.3 is 17.9 Å². The first-order valence-corrected chi connectivity index (χ1v) is 24.3. The van der Waals surface area contributed by atoms with Crippen LogP contribution in [0.1, 0.15) is 84.1 Å². The van der Waals surface area contributed by atoms with Gasteiger partial charge in [-0.05, 0) is 105 Å². The van der Waals surface area contributed by atoms with Crippen LogP contribution in [0.4, 0.5) is 5.69 Å². The van der Waals surface area contributed by atoms with Gasteiger partial charge in [0.2, 0.25) is 5.60 Å². The molecule has 9 aliphatic rings. The van der Waals surface area contributed by atoms with Crippen LogP contribution in [0.2, 0.25) is 0 Å². The maximum atomic E-state index is 15.7. The highest BCUT2D eigenvalue weighted by molar-refractivity contribution is 6.67. The van der Waals surface area contributed by atoms with Crippen molar-refractivity contribution in [1.82, 2.24) is 14.7 Å². The minimum atomic E-state index is -2.28. The Morgan fingerprint density at radius 2 is 1.69 bits per heavy atom. The van der Waals surface area contributed by atoms with Crippen molar-refractivity contribution in [3.8, 4) is 0 Å². The number of carbonyl (C=O) groups excluding carboxylic acids is 3. The van der Waals surface area contributed by atoms with Gasteiger partial charge in [-0.25, -0.2) is 4.79 Å². The number of allylic oxidation sites excluding steroid dienone is 1. The van der Waals surface area contributed by atoms with E-state index < -0.39 is 63.6 Å². The predicted molar refractivity (Wildman–Crippen MR) is 247 cm³/mol. The summed E-state index contributed by atoms with van der Waals surface area (Å²) in [5.74, 6) is -2.43. The van der Waals surface area contributed by atoms with Crippen LogP contribution in [0.5, 0.6) is 0 Å². The second kappa shape index (κ2) is 16.1. The fourth-order valence-electron chi connectivity index (χ4n) is 15.5. The molecule has 2 bridgehead atoms. The monoisotopic (exact) mass is 892 g/mol. The molecular formula is C51H68BN4O9. The second-order valence-electron chi connectivity index (χ2n) is 20.9. The second-order valence-corrected chi connectivity index (χ2v) is 20.9. The molecule has 7 heterocycles. The number of likely N-dealkylation sites (tertiary alicyclic amines) is 1. The van der Waals surface area contributed by atoms with Gasteiger partial charge in [0.05, 0.1) is 37.4 Å². The lowest BCUT2D eigenvalue weighted by Gasteiger charge is -2.63. The molecule has 12 atom stereocenters. The Balaban J connectivity index is 1.22. The summed E-state index contributed by atoms with van der Waals surface area (Å²) in [5, 5.41) is 25.6. The normalized spacial score (nSPS) is 40.4. The minimum absolute atomic E-state index is 0.0547. The molecule has 349 valence electrons. The number of aliphatic hydroxyl groups is 2. The number of methoxy groups -OCH3 is 3. The average molecular weight is 892 g/mol. The number of fused-ring (bicyclic) bond motifs is 5. The van der Waals surface area contributed by atoms with Crippen molar-refractivity contribution in [2.24, 2.45) is 28.1 Å². The van der Waals surface area contributed by atoms with E-state index in [0.717, 1.165) is 72.4 Å². The number of esters is 3. The predicted octanol–water partition coefficient (Wildman–Crippen LogP) is 3.79. The Hall–Kier alpha value is -3.95. The van der Waals surface area contributed by atoms with Crippen molar-refractivity contribution in [3.05, 3.63) is 64.8 Å². The van der Waals surface area contributed by atoms with E-state index in [1.54, 1.807) is 7.11 Å². The van der Waals surface area contributed by atoms with E-state index in [1.165, 1.54) is 33.3 Å². The van der Waals surface area contributed by atoms with Gasteiger partial charge in [0.25, 0.3) is 0 Å². The van der Waals surface area contributed by atoms with Crippen molar-refractivity contribution in [2.75, 3.05) is 79.1 Å². The Bertz CT molecular complexity index is 2270. The molecule has 2 N–H and O–H groups in total. The lowest BCUT2D eigenvalue weighted by Crippen LogP contribution is -2.79. The maximum Gasteiger partial charge on any atom is 0.344 e. The van der Waals surface area contributed by atoms with Gasteiger partial charge in [0.15, 0.2) is 13.4 Å². The van der Waals surface area contributed by atoms with E-state index in [2.05, 4.69) is 71.4 Å². The molecule has 4 saturated heterocycles. The van der Waals surface area contributed by atoms with Crippen LogP contribution in [0.3, 0.4) is 0 Å². The summed E-state index contributed by atoms with van der Waals surface area (Å²) in [6.45, 7) is 10.9. The van der Waals surface area contributed by atoms with Gasteiger partial charge in [-0.2, -0.15) is 0 Å². The first-order chi connectivity index (χ1) is 31.2. The van der Waals surface area contributed by atoms with E-state index in [4.69, 9.17) is 18.9 Å². The molecule has 1 aromatic rings. The molecule has 1 spiro atoms. The first kappa shape index (κ1) is 44.9. The molecule has 1 aromatic carbocycles. The lowest BCUT2D eigenvalue weighted by molar-refractivity contribution is -0.243. The minimum Gasteiger partial charge on any atom is -0.468 e. The van der Waals surface area contributed by atoms with Gasteiger partial charge < -0.3 is 39.0 Å². The van der Waals surface area contributed by atoms with Gasteiger partial charge in [0.1, 0.15) is 0 Å². The van der Waals surface area contributed by atoms with Gasteiger partial charge in [-0.15, -0.1) is 0 Å². The summed E-state index contributed by atoms with van der Waals surface area (Å²) < 4.78 is 24.4. The van der Waals surface area contributed by atoms with E-state index in [0.29, 0.717) is 58.2 Å². The highest BCUT2D eigenvalue weighted by atomic mass is 16.6. The van der Waals surface area contributed by atoms with Crippen molar-refractivity contribution >= 4 is 41.9 Å². The number of hydrogen-bond acceptors (Lipinski definition) is 13. The smallest absolute Gasteiger partial charge is 0.344 e. The molecular weight excluding hydrogens is 823 g/mol. The first-order valence-electron chi connectivity index (χ1n) is 24.3. The Morgan fingerprint density at radius 3 is 2.38 bits per heavy atom. The van der Waals surface area contributed by atoms with Crippen LogP contribution in [0.15, 0.2) is 59.2 Å². The number of ether oxygens (including phenoxy) is 4. The average Bonchev–Trinajstić information content (AvgIpc) is 3.97. The quantitative estimate of drug-likeness (QED) is 0.170. The standard InChI is InChI=1S/C51H68BN4O9/c1-8-47(60)27-32-28-50(45(58)63-6,41-34(16-22-54(29-32)30-47)35-24-33(14-15-38(35)52-41)55-19-11-10-12-20-55)37-25-36-39(26-40(37)62-5)53(4)43-49(36)18-23-56-21-13-17-48(9-2,42(49)56)44(65-31(3)57)51(43,61)46(59)64-7/h13-15,17,24-26,32,37,40,42-44,60-61H,8-12,16,18-23,27-30H2,1-7H3/t32-,37?,40?,42+,43-,44-,47+,48-,49-,50+,51+/m1/s1. The summed E-state index contributed by atoms with van der Waals surface area (Å²) in [4.78, 5) is 52.7. The van der Waals surface area contributed by atoms with E-state index in [9.17, 15) is 19.8 Å². The number of nitrogens with zero attached hydrogens (tertiary/aromatic N) is 4. The molecule has 14 heteroatoms. The van der Waals surface area contributed by atoms with Crippen molar-refractivity contribution in [2.45, 2.75) is 114 Å². The summed E-state index contributed by atoms with van der Waals surface area (Å²) in [5.41, 5.74) is 0.973. The van der Waals surface area contributed by atoms with Gasteiger partial charge in [0, 0.05) is 94.5 Å².